The third-order valence-electron chi connectivity index (χ3n) is 5.95. The molecule has 2 aliphatic rings. The van der Waals surface area contributed by atoms with E-state index in [4.69, 9.17) is 14.5 Å². The van der Waals surface area contributed by atoms with Gasteiger partial charge in [-0.05, 0) is 49.4 Å². The van der Waals surface area contributed by atoms with Gasteiger partial charge in [-0.25, -0.2) is 4.99 Å². The van der Waals surface area contributed by atoms with Gasteiger partial charge in [0.1, 0.15) is 5.75 Å². The van der Waals surface area contributed by atoms with Crippen LogP contribution in [0.1, 0.15) is 41.5 Å². The highest BCUT2D eigenvalue weighted by Crippen LogP contribution is 2.34. The van der Waals surface area contributed by atoms with Crippen molar-refractivity contribution < 1.29 is 9.47 Å². The van der Waals surface area contributed by atoms with E-state index in [2.05, 4.69) is 66.9 Å². The zero-order chi connectivity index (χ0) is 20.8. The van der Waals surface area contributed by atoms with Gasteiger partial charge in [0.2, 0.25) is 0 Å². The number of hydrogen-bond donors (Lipinski definition) is 2. The molecule has 2 atom stereocenters. The number of rotatable bonds is 8. The lowest BCUT2D eigenvalue weighted by Crippen LogP contribution is -2.41. The molecule has 5 heteroatoms. The van der Waals surface area contributed by atoms with Gasteiger partial charge in [-0.1, -0.05) is 36.4 Å². The van der Waals surface area contributed by atoms with Gasteiger partial charge in [0.15, 0.2) is 5.96 Å². The van der Waals surface area contributed by atoms with Crippen LogP contribution in [0.2, 0.25) is 0 Å². The summed E-state index contributed by atoms with van der Waals surface area (Å²) in [4.78, 5) is 4.83. The Morgan fingerprint density at radius 2 is 2.10 bits per heavy atom. The summed E-state index contributed by atoms with van der Waals surface area (Å²) >= 11 is 0. The highest BCUT2D eigenvalue weighted by atomic mass is 16.5. The van der Waals surface area contributed by atoms with E-state index in [1.54, 1.807) is 0 Å². The van der Waals surface area contributed by atoms with Gasteiger partial charge in [0.05, 0.1) is 19.8 Å². The summed E-state index contributed by atoms with van der Waals surface area (Å²) in [5, 5.41) is 6.89. The molecule has 160 valence electrons. The molecule has 1 fully saturated rings. The number of ether oxygens (including phenoxy) is 2. The smallest absolute Gasteiger partial charge is 0.191 e. The molecule has 0 aromatic heterocycles. The topological polar surface area (TPSA) is 54.9 Å². The van der Waals surface area contributed by atoms with Crippen LogP contribution < -0.4 is 15.4 Å². The van der Waals surface area contributed by atoms with Crippen molar-refractivity contribution in [2.24, 2.45) is 10.9 Å². The van der Waals surface area contributed by atoms with Crippen LogP contribution in [0.5, 0.6) is 5.75 Å². The third kappa shape index (κ3) is 5.14. The van der Waals surface area contributed by atoms with E-state index >= 15 is 0 Å². The van der Waals surface area contributed by atoms with Crippen LogP contribution in [-0.2, 0) is 17.7 Å². The molecule has 0 radical (unpaired) electrons. The maximum atomic E-state index is 6.17. The molecule has 0 spiro atoms. The minimum atomic E-state index is 0.492. The highest BCUT2D eigenvalue weighted by Gasteiger charge is 2.25. The van der Waals surface area contributed by atoms with Crippen molar-refractivity contribution in [1.29, 1.82) is 0 Å². The van der Waals surface area contributed by atoms with Gasteiger partial charge in [-0.15, -0.1) is 0 Å². The molecular weight excluding hydrogens is 374 g/mol. The Morgan fingerprint density at radius 1 is 1.20 bits per heavy atom. The molecule has 0 bridgehead atoms. The fourth-order valence-electron chi connectivity index (χ4n) is 4.12. The van der Waals surface area contributed by atoms with Crippen LogP contribution >= 0.6 is 0 Å². The summed E-state index contributed by atoms with van der Waals surface area (Å²) < 4.78 is 11.6. The SMILES string of the molecule is CCNC(=NCc1ccc(C)cc1OCC1CCOC1)NCC1Cc2ccccc21. The molecule has 2 aromatic rings. The largest absolute Gasteiger partial charge is 0.493 e. The van der Waals surface area contributed by atoms with Crippen molar-refractivity contribution in [2.45, 2.75) is 39.2 Å². The number of hydrogen-bond acceptors (Lipinski definition) is 3. The average Bonchev–Trinajstić information content (AvgIpc) is 3.25. The number of guanidine groups is 1. The van der Waals surface area contributed by atoms with Crippen molar-refractivity contribution in [2.75, 3.05) is 32.9 Å². The predicted molar refractivity (Wildman–Crippen MR) is 121 cm³/mol. The van der Waals surface area contributed by atoms with Gasteiger partial charge >= 0.3 is 0 Å². The summed E-state index contributed by atoms with van der Waals surface area (Å²) in [7, 11) is 0. The minimum absolute atomic E-state index is 0.492. The van der Waals surface area contributed by atoms with E-state index in [9.17, 15) is 0 Å². The number of aliphatic imine (C=N–C) groups is 1. The van der Waals surface area contributed by atoms with E-state index in [0.29, 0.717) is 25.0 Å². The normalized spacial score (nSPS) is 20.4. The van der Waals surface area contributed by atoms with Crippen molar-refractivity contribution in [3.63, 3.8) is 0 Å². The van der Waals surface area contributed by atoms with Crippen LogP contribution in [0.15, 0.2) is 47.5 Å². The molecule has 1 aliphatic carbocycles. The maximum Gasteiger partial charge on any atom is 0.191 e. The van der Waals surface area contributed by atoms with Gasteiger partial charge < -0.3 is 20.1 Å². The molecular formula is C25H33N3O2. The molecule has 0 amide bonds. The van der Waals surface area contributed by atoms with E-state index in [0.717, 1.165) is 56.4 Å². The van der Waals surface area contributed by atoms with Crippen LogP contribution in [0.25, 0.3) is 0 Å². The van der Waals surface area contributed by atoms with Crippen molar-refractivity contribution >= 4 is 5.96 Å². The molecule has 1 aliphatic heterocycles. The van der Waals surface area contributed by atoms with Crippen molar-refractivity contribution in [3.05, 3.63) is 64.7 Å². The van der Waals surface area contributed by atoms with E-state index in [-0.39, 0.29) is 0 Å². The second-order valence-electron chi connectivity index (χ2n) is 8.33. The summed E-state index contributed by atoms with van der Waals surface area (Å²) in [5.74, 6) is 2.86. The monoisotopic (exact) mass is 407 g/mol. The molecule has 4 rings (SSSR count). The van der Waals surface area contributed by atoms with Gasteiger partial charge in [0.25, 0.3) is 0 Å². The Hall–Kier alpha value is -2.53. The fourth-order valence-corrected chi connectivity index (χ4v) is 4.12. The Kier molecular flexibility index (Phi) is 6.90. The molecule has 2 unspecified atom stereocenters. The zero-order valence-electron chi connectivity index (χ0n) is 18.1. The minimum Gasteiger partial charge on any atom is -0.493 e. The highest BCUT2D eigenvalue weighted by molar-refractivity contribution is 5.80. The maximum absolute atomic E-state index is 6.17. The van der Waals surface area contributed by atoms with Gasteiger partial charge in [-0.2, -0.15) is 0 Å². The van der Waals surface area contributed by atoms with Crippen LogP contribution in [0.3, 0.4) is 0 Å². The first-order valence-corrected chi connectivity index (χ1v) is 11.1. The molecule has 0 saturated carbocycles. The van der Waals surface area contributed by atoms with Crippen LogP contribution in [-0.4, -0.2) is 38.9 Å². The first-order valence-electron chi connectivity index (χ1n) is 11.1. The Bertz CT molecular complexity index is 874. The van der Waals surface area contributed by atoms with Crippen LogP contribution in [0, 0.1) is 12.8 Å². The van der Waals surface area contributed by atoms with E-state index < -0.39 is 0 Å². The second-order valence-corrected chi connectivity index (χ2v) is 8.33. The molecule has 2 aromatic carbocycles. The first-order chi connectivity index (χ1) is 14.7. The lowest BCUT2D eigenvalue weighted by molar-refractivity contribution is 0.166. The molecule has 1 saturated heterocycles. The molecule has 30 heavy (non-hydrogen) atoms. The van der Waals surface area contributed by atoms with E-state index in [1.807, 2.05) is 0 Å². The van der Waals surface area contributed by atoms with Gasteiger partial charge in [-0.3, -0.25) is 0 Å². The Balaban J connectivity index is 1.37. The molecule has 5 nitrogen and oxygen atoms in total. The Labute approximate surface area is 179 Å². The van der Waals surface area contributed by atoms with Crippen molar-refractivity contribution in [1.82, 2.24) is 10.6 Å². The summed E-state index contributed by atoms with van der Waals surface area (Å²) in [6.45, 7) is 8.89. The quantitative estimate of drug-likeness (QED) is 0.516. The van der Waals surface area contributed by atoms with Crippen LogP contribution in [0.4, 0.5) is 0 Å². The first kappa shape index (κ1) is 20.7. The fraction of sp³-hybridized carbons (Fsp3) is 0.480. The van der Waals surface area contributed by atoms with E-state index in [1.165, 1.54) is 16.7 Å². The summed E-state index contributed by atoms with van der Waals surface area (Å²) in [6, 6.07) is 15.1. The number of nitrogens with one attached hydrogen (secondary N) is 2. The molecule has 1 heterocycles. The Morgan fingerprint density at radius 3 is 2.90 bits per heavy atom. The standard InChI is InChI=1S/C25H33N3O2/c1-3-26-25(28-15-22-13-20-6-4-5-7-23(20)22)27-14-21-9-8-18(2)12-24(21)30-17-19-10-11-29-16-19/h4-9,12,19,22H,3,10-11,13-17H2,1-2H3,(H2,26,27,28). The van der Waals surface area contributed by atoms with Crippen molar-refractivity contribution in [3.8, 4) is 5.75 Å². The lowest BCUT2D eigenvalue weighted by Gasteiger charge is -2.30. The average molecular weight is 408 g/mol. The number of benzene rings is 2. The molecule has 2 N–H and O–H groups in total. The number of aryl methyl sites for hydroxylation is 1. The van der Waals surface area contributed by atoms with Gasteiger partial charge in [0, 0.05) is 37.1 Å². The third-order valence-corrected chi connectivity index (χ3v) is 5.95. The summed E-state index contributed by atoms with van der Waals surface area (Å²) in [5.41, 5.74) is 5.26. The predicted octanol–water partition coefficient (Wildman–Crippen LogP) is 3.81. The lowest BCUT2D eigenvalue weighted by atomic mass is 9.78. The second kappa shape index (κ2) is 9.98. The zero-order valence-corrected chi connectivity index (χ0v) is 18.1. The summed E-state index contributed by atoms with van der Waals surface area (Å²) in [6.07, 6.45) is 2.22. The number of fused-ring (bicyclic) bond motifs is 1. The number of nitrogens with zero attached hydrogens (tertiary/aromatic N) is 1.